The van der Waals surface area contributed by atoms with Gasteiger partial charge in [0, 0.05) is 5.02 Å². The first-order chi connectivity index (χ1) is 10.5. The van der Waals surface area contributed by atoms with Crippen LogP contribution < -0.4 is 15.8 Å². The number of rotatable bonds is 5. The van der Waals surface area contributed by atoms with Gasteiger partial charge in [-0.25, -0.2) is 0 Å². The molecule has 0 fully saturated rings. The van der Waals surface area contributed by atoms with Gasteiger partial charge in [-0.3, -0.25) is 9.59 Å². The zero-order valence-corrected chi connectivity index (χ0v) is 12.6. The monoisotopic (exact) mass is 318 g/mol. The third kappa shape index (κ3) is 3.99. The highest BCUT2D eigenvalue weighted by atomic mass is 35.5. The largest absolute Gasteiger partial charge is 0.481 e. The molecule has 0 aliphatic heterocycles. The van der Waals surface area contributed by atoms with Crippen LogP contribution in [0.3, 0.4) is 0 Å². The predicted molar refractivity (Wildman–Crippen MR) is 85.1 cm³/mol. The fraction of sp³-hybridized carbons (Fsp3) is 0.125. The van der Waals surface area contributed by atoms with Crippen molar-refractivity contribution in [1.29, 1.82) is 0 Å². The normalized spacial score (nSPS) is 11.5. The molecule has 1 atom stereocenters. The number of primary amides is 1. The number of carbonyl (C=O) groups excluding carboxylic acids is 2. The first-order valence-electron chi connectivity index (χ1n) is 6.59. The van der Waals surface area contributed by atoms with Crippen LogP contribution in [0.2, 0.25) is 5.02 Å². The van der Waals surface area contributed by atoms with E-state index in [9.17, 15) is 9.59 Å². The van der Waals surface area contributed by atoms with Crippen LogP contribution in [0.5, 0.6) is 5.75 Å². The molecule has 0 saturated heterocycles. The molecule has 6 heteroatoms. The van der Waals surface area contributed by atoms with Crippen LogP contribution in [-0.4, -0.2) is 17.9 Å². The minimum absolute atomic E-state index is 0.245. The average Bonchev–Trinajstić information content (AvgIpc) is 2.49. The number of carbonyl (C=O) groups is 2. The van der Waals surface area contributed by atoms with Crippen molar-refractivity contribution in [3.8, 4) is 5.75 Å². The first kappa shape index (κ1) is 15.9. The third-order valence-corrected chi connectivity index (χ3v) is 3.20. The molecule has 0 spiro atoms. The van der Waals surface area contributed by atoms with Gasteiger partial charge in [0.2, 0.25) is 0 Å². The standard InChI is InChI=1S/C16H15ClN2O3/c1-10(22-12-8-6-11(17)7-9-12)16(21)19-14-5-3-2-4-13(14)15(18)20/h2-10H,1H3,(H2,18,20)(H,19,21)/t10-/m0/s1. The molecule has 3 N–H and O–H groups in total. The maximum atomic E-state index is 12.1. The fourth-order valence-electron chi connectivity index (χ4n) is 1.81. The van der Waals surface area contributed by atoms with Gasteiger partial charge in [0.1, 0.15) is 5.75 Å². The number of anilines is 1. The summed E-state index contributed by atoms with van der Waals surface area (Å²) in [5.41, 5.74) is 5.87. The van der Waals surface area contributed by atoms with E-state index >= 15 is 0 Å². The Hall–Kier alpha value is -2.53. The highest BCUT2D eigenvalue weighted by Gasteiger charge is 2.17. The maximum absolute atomic E-state index is 12.1. The molecule has 0 unspecified atom stereocenters. The van der Waals surface area contributed by atoms with Crippen LogP contribution in [-0.2, 0) is 4.79 Å². The molecule has 0 aliphatic carbocycles. The van der Waals surface area contributed by atoms with Crippen LogP contribution >= 0.6 is 11.6 Å². The predicted octanol–water partition coefficient (Wildman–Crippen LogP) is 2.84. The van der Waals surface area contributed by atoms with Crippen molar-refractivity contribution < 1.29 is 14.3 Å². The number of ether oxygens (including phenoxy) is 1. The van der Waals surface area contributed by atoms with Crippen LogP contribution in [0.1, 0.15) is 17.3 Å². The van der Waals surface area contributed by atoms with Gasteiger partial charge in [-0.1, -0.05) is 23.7 Å². The summed E-state index contributed by atoms with van der Waals surface area (Å²) in [4.78, 5) is 23.5. The number of nitrogens with one attached hydrogen (secondary N) is 1. The minimum atomic E-state index is -0.748. The summed E-state index contributed by atoms with van der Waals surface area (Å²) in [5, 5.41) is 3.22. The fourth-order valence-corrected chi connectivity index (χ4v) is 1.94. The zero-order chi connectivity index (χ0) is 16.1. The van der Waals surface area contributed by atoms with Crippen molar-refractivity contribution in [3.05, 3.63) is 59.1 Å². The molecular weight excluding hydrogens is 304 g/mol. The smallest absolute Gasteiger partial charge is 0.265 e. The average molecular weight is 319 g/mol. The van der Waals surface area contributed by atoms with E-state index in [1.165, 1.54) is 0 Å². The Morgan fingerprint density at radius 2 is 1.77 bits per heavy atom. The molecule has 114 valence electrons. The lowest BCUT2D eigenvalue weighted by Gasteiger charge is -2.15. The summed E-state index contributed by atoms with van der Waals surface area (Å²) >= 11 is 5.79. The highest BCUT2D eigenvalue weighted by molar-refractivity contribution is 6.30. The Kier molecular flexibility index (Phi) is 5.01. The Bertz CT molecular complexity index is 686. The third-order valence-electron chi connectivity index (χ3n) is 2.95. The van der Waals surface area contributed by atoms with Crippen molar-refractivity contribution in [2.75, 3.05) is 5.32 Å². The Balaban J connectivity index is 2.05. The number of hydrogen-bond acceptors (Lipinski definition) is 3. The summed E-state index contributed by atoms with van der Waals surface area (Å²) < 4.78 is 5.52. The van der Waals surface area contributed by atoms with Crippen molar-refractivity contribution in [2.45, 2.75) is 13.0 Å². The van der Waals surface area contributed by atoms with Gasteiger partial charge in [-0.05, 0) is 43.3 Å². The van der Waals surface area contributed by atoms with Crippen molar-refractivity contribution in [3.63, 3.8) is 0 Å². The number of benzene rings is 2. The second-order valence-corrected chi connectivity index (χ2v) is 5.05. The lowest BCUT2D eigenvalue weighted by atomic mass is 10.1. The van der Waals surface area contributed by atoms with Crippen LogP contribution in [0.15, 0.2) is 48.5 Å². The van der Waals surface area contributed by atoms with Crippen molar-refractivity contribution in [2.24, 2.45) is 5.73 Å². The van der Waals surface area contributed by atoms with E-state index in [0.29, 0.717) is 16.5 Å². The van der Waals surface area contributed by atoms with E-state index < -0.39 is 12.0 Å². The maximum Gasteiger partial charge on any atom is 0.265 e. The van der Waals surface area contributed by atoms with Gasteiger partial charge >= 0.3 is 0 Å². The number of halogens is 1. The van der Waals surface area contributed by atoms with Crippen molar-refractivity contribution >= 4 is 29.1 Å². The summed E-state index contributed by atoms with van der Waals surface area (Å²) in [6.45, 7) is 1.61. The SMILES string of the molecule is C[C@H](Oc1ccc(Cl)cc1)C(=O)Nc1ccccc1C(N)=O. The number of hydrogen-bond donors (Lipinski definition) is 2. The lowest BCUT2D eigenvalue weighted by Crippen LogP contribution is -2.31. The topological polar surface area (TPSA) is 81.4 Å². The van der Waals surface area contributed by atoms with Gasteiger partial charge in [0.05, 0.1) is 11.3 Å². The van der Waals surface area contributed by atoms with Crippen LogP contribution in [0.25, 0.3) is 0 Å². The van der Waals surface area contributed by atoms with E-state index in [1.54, 1.807) is 55.5 Å². The van der Waals surface area contributed by atoms with Gasteiger partial charge in [-0.2, -0.15) is 0 Å². The molecule has 2 aromatic rings. The number of amides is 2. The first-order valence-corrected chi connectivity index (χ1v) is 6.97. The quantitative estimate of drug-likeness (QED) is 0.889. The number of nitrogens with two attached hydrogens (primary N) is 1. The lowest BCUT2D eigenvalue weighted by molar-refractivity contribution is -0.122. The Labute approximate surface area is 133 Å². The minimum Gasteiger partial charge on any atom is -0.481 e. The Morgan fingerprint density at radius 1 is 1.14 bits per heavy atom. The molecule has 0 heterocycles. The van der Waals surface area contributed by atoms with E-state index in [1.807, 2.05) is 0 Å². The van der Waals surface area contributed by atoms with Crippen molar-refractivity contribution in [1.82, 2.24) is 0 Å². The molecule has 22 heavy (non-hydrogen) atoms. The zero-order valence-electron chi connectivity index (χ0n) is 11.9. The summed E-state index contributed by atoms with van der Waals surface area (Å²) in [6, 6.07) is 13.2. The van der Waals surface area contributed by atoms with Gasteiger partial charge in [0.15, 0.2) is 6.10 Å². The summed E-state index contributed by atoms with van der Waals surface area (Å²) in [7, 11) is 0. The van der Waals surface area contributed by atoms with Gasteiger partial charge in [-0.15, -0.1) is 0 Å². The second-order valence-electron chi connectivity index (χ2n) is 4.61. The molecule has 0 bridgehead atoms. The molecule has 2 aromatic carbocycles. The van der Waals surface area contributed by atoms with Crippen LogP contribution in [0.4, 0.5) is 5.69 Å². The molecule has 0 aromatic heterocycles. The van der Waals surface area contributed by atoms with E-state index in [0.717, 1.165) is 0 Å². The van der Waals surface area contributed by atoms with Gasteiger partial charge in [0.25, 0.3) is 11.8 Å². The second kappa shape index (κ2) is 6.95. The number of para-hydroxylation sites is 1. The van der Waals surface area contributed by atoms with E-state index in [2.05, 4.69) is 5.32 Å². The molecule has 0 saturated carbocycles. The Morgan fingerprint density at radius 3 is 2.41 bits per heavy atom. The molecule has 0 radical (unpaired) electrons. The summed E-state index contributed by atoms with van der Waals surface area (Å²) in [5.74, 6) is -0.471. The molecule has 2 rings (SSSR count). The molecular formula is C16H15ClN2O3. The van der Waals surface area contributed by atoms with Gasteiger partial charge < -0.3 is 15.8 Å². The summed E-state index contributed by atoms with van der Waals surface area (Å²) in [6.07, 6.45) is -0.748. The molecule has 2 amide bonds. The molecule has 5 nitrogen and oxygen atoms in total. The van der Waals surface area contributed by atoms with Crippen LogP contribution in [0, 0.1) is 0 Å². The van der Waals surface area contributed by atoms with E-state index in [-0.39, 0.29) is 11.5 Å². The van der Waals surface area contributed by atoms with E-state index in [4.69, 9.17) is 22.1 Å². The molecule has 0 aliphatic rings. The highest BCUT2D eigenvalue weighted by Crippen LogP contribution is 2.18.